The predicted molar refractivity (Wildman–Crippen MR) is 104 cm³/mol. The Morgan fingerprint density at radius 2 is 1.86 bits per heavy atom. The van der Waals surface area contributed by atoms with Crippen LogP contribution in [0, 0.1) is 5.92 Å². The van der Waals surface area contributed by atoms with E-state index in [9.17, 15) is 18.0 Å². The predicted octanol–water partition coefficient (Wildman–Crippen LogP) is 5.44. The number of alkyl halides is 3. The van der Waals surface area contributed by atoms with Crippen LogP contribution in [0.4, 0.5) is 24.5 Å². The monoisotopic (exact) mass is 408 g/mol. The van der Waals surface area contributed by atoms with E-state index in [1.807, 2.05) is 6.07 Å². The number of nitrogens with zero attached hydrogens (tertiary/aromatic N) is 1. The smallest absolute Gasteiger partial charge is 0.348 e. The molecule has 1 saturated carbocycles. The Hall–Kier alpha value is -2.21. The summed E-state index contributed by atoms with van der Waals surface area (Å²) in [5, 5.41) is 2.83. The summed E-state index contributed by atoms with van der Waals surface area (Å²) in [7, 11) is 0. The van der Waals surface area contributed by atoms with Crippen LogP contribution in [0.1, 0.15) is 24.8 Å². The first-order chi connectivity index (χ1) is 13.3. The van der Waals surface area contributed by atoms with Gasteiger partial charge in [-0.05, 0) is 55.4 Å². The minimum absolute atomic E-state index is 0.144. The fourth-order valence-corrected chi connectivity index (χ4v) is 4.01. The van der Waals surface area contributed by atoms with E-state index in [2.05, 4.69) is 5.32 Å². The molecule has 4 rings (SSSR count). The molecule has 7 heteroatoms. The Kier molecular flexibility index (Phi) is 4.78. The average Bonchev–Trinajstić information content (AvgIpc) is 3.46. The summed E-state index contributed by atoms with van der Waals surface area (Å²) in [4.78, 5) is 14.2. The fraction of sp³-hybridized carbons (Fsp3) is 0.381. The zero-order valence-electron chi connectivity index (χ0n) is 15.1. The maximum Gasteiger partial charge on any atom is 0.420 e. The van der Waals surface area contributed by atoms with Crippen molar-refractivity contribution in [3.05, 3.63) is 59.1 Å². The molecule has 0 aromatic heterocycles. The highest BCUT2D eigenvalue weighted by Crippen LogP contribution is 2.49. The van der Waals surface area contributed by atoms with Crippen molar-refractivity contribution in [1.82, 2.24) is 0 Å². The minimum atomic E-state index is -4.74. The van der Waals surface area contributed by atoms with E-state index < -0.39 is 17.6 Å². The summed E-state index contributed by atoms with van der Waals surface area (Å²) in [6, 6.07) is 13.6. The topological polar surface area (TPSA) is 32.3 Å². The normalized spacial score (nSPS) is 22.0. The third-order valence-corrected chi connectivity index (χ3v) is 5.80. The van der Waals surface area contributed by atoms with Crippen LogP contribution in [0.3, 0.4) is 0 Å². The SMILES string of the molecule is O=C1Nc2ccc(Cl)cc2N(CC2CC2)C1(CCc1ccccc1)C(F)(F)F. The molecule has 2 aliphatic rings. The summed E-state index contributed by atoms with van der Waals surface area (Å²) in [6.45, 7) is 0.190. The van der Waals surface area contributed by atoms with Gasteiger partial charge in [-0.2, -0.15) is 13.2 Å². The molecule has 2 aromatic carbocycles. The fourth-order valence-electron chi connectivity index (χ4n) is 3.84. The molecule has 0 bridgehead atoms. The number of fused-ring (bicyclic) bond motifs is 1. The van der Waals surface area contributed by atoms with Gasteiger partial charge in [-0.1, -0.05) is 41.9 Å². The van der Waals surface area contributed by atoms with Crippen molar-refractivity contribution in [2.24, 2.45) is 5.92 Å². The second kappa shape index (κ2) is 6.99. The lowest BCUT2D eigenvalue weighted by Gasteiger charge is -2.48. The molecule has 28 heavy (non-hydrogen) atoms. The largest absolute Gasteiger partial charge is 0.420 e. The molecule has 1 N–H and O–H groups in total. The lowest BCUT2D eigenvalue weighted by atomic mass is 9.84. The highest BCUT2D eigenvalue weighted by molar-refractivity contribution is 6.31. The van der Waals surface area contributed by atoms with Crippen molar-refractivity contribution in [2.75, 3.05) is 16.8 Å². The lowest BCUT2D eigenvalue weighted by Crippen LogP contribution is -2.68. The first kappa shape index (κ1) is 19.1. The quantitative estimate of drug-likeness (QED) is 0.714. The molecular formula is C21H20ClF3N2O. The molecule has 1 heterocycles. The first-order valence-corrected chi connectivity index (χ1v) is 9.68. The maximum absolute atomic E-state index is 14.5. The summed E-state index contributed by atoms with van der Waals surface area (Å²) in [5.74, 6) is -0.859. The van der Waals surface area contributed by atoms with Gasteiger partial charge in [-0.15, -0.1) is 0 Å². The van der Waals surface area contributed by atoms with Gasteiger partial charge in [0.2, 0.25) is 5.54 Å². The highest BCUT2D eigenvalue weighted by atomic mass is 35.5. The van der Waals surface area contributed by atoms with Gasteiger partial charge in [0, 0.05) is 11.6 Å². The van der Waals surface area contributed by atoms with Gasteiger partial charge in [0.05, 0.1) is 11.4 Å². The van der Waals surface area contributed by atoms with Crippen molar-refractivity contribution in [2.45, 2.75) is 37.4 Å². The Morgan fingerprint density at radius 1 is 1.14 bits per heavy atom. The number of nitrogens with one attached hydrogen (secondary N) is 1. The molecule has 1 aliphatic carbocycles. The number of rotatable bonds is 5. The number of halogens is 4. The number of hydrogen-bond donors (Lipinski definition) is 1. The third-order valence-electron chi connectivity index (χ3n) is 5.56. The number of aryl methyl sites for hydroxylation is 1. The third kappa shape index (κ3) is 3.34. The van der Waals surface area contributed by atoms with Crippen LogP contribution >= 0.6 is 11.6 Å². The highest BCUT2D eigenvalue weighted by Gasteiger charge is 2.65. The number of carbonyl (C=O) groups excluding carboxylic acids is 1. The molecule has 0 saturated heterocycles. The molecule has 1 atom stereocenters. The molecule has 3 nitrogen and oxygen atoms in total. The van der Waals surface area contributed by atoms with Gasteiger partial charge in [0.1, 0.15) is 0 Å². The molecule has 1 aliphatic heterocycles. The van der Waals surface area contributed by atoms with Crippen LogP contribution in [0.15, 0.2) is 48.5 Å². The van der Waals surface area contributed by atoms with Gasteiger partial charge in [-0.25, -0.2) is 0 Å². The van der Waals surface area contributed by atoms with Crippen LogP contribution in [-0.4, -0.2) is 24.2 Å². The second-order valence-electron chi connectivity index (χ2n) is 7.51. The van der Waals surface area contributed by atoms with E-state index in [1.54, 1.807) is 36.4 Å². The lowest BCUT2D eigenvalue weighted by molar-refractivity contribution is -0.192. The molecule has 1 amide bonds. The van der Waals surface area contributed by atoms with Gasteiger partial charge in [0.15, 0.2) is 0 Å². The Balaban J connectivity index is 1.80. The zero-order chi connectivity index (χ0) is 19.9. The van der Waals surface area contributed by atoms with Crippen LogP contribution in [0.25, 0.3) is 0 Å². The van der Waals surface area contributed by atoms with Crippen molar-refractivity contribution >= 4 is 28.9 Å². The van der Waals surface area contributed by atoms with E-state index in [4.69, 9.17) is 11.6 Å². The summed E-state index contributed by atoms with van der Waals surface area (Å²) < 4.78 is 43.6. The summed E-state index contributed by atoms with van der Waals surface area (Å²) in [5.41, 5.74) is -1.15. The molecule has 1 fully saturated rings. The second-order valence-corrected chi connectivity index (χ2v) is 7.95. The van der Waals surface area contributed by atoms with Crippen LogP contribution in [-0.2, 0) is 11.2 Å². The zero-order valence-corrected chi connectivity index (χ0v) is 15.9. The van der Waals surface area contributed by atoms with Crippen LogP contribution in [0.5, 0.6) is 0 Å². The minimum Gasteiger partial charge on any atom is -0.348 e. The van der Waals surface area contributed by atoms with Crippen molar-refractivity contribution < 1.29 is 18.0 Å². The summed E-state index contributed by atoms with van der Waals surface area (Å²) in [6.07, 6.45) is -3.20. The molecule has 0 radical (unpaired) electrons. The number of anilines is 2. The standard InChI is InChI=1S/C21H20ClF3N2O/c22-16-8-9-17-18(12-16)27(13-15-6-7-15)20(19(28)26-17,21(23,24)25)11-10-14-4-2-1-3-5-14/h1-5,8-9,12,15H,6-7,10-11,13H2,(H,26,28). The van der Waals surface area contributed by atoms with Gasteiger partial charge >= 0.3 is 6.18 Å². The van der Waals surface area contributed by atoms with E-state index in [1.165, 1.54) is 11.0 Å². The summed E-state index contributed by atoms with van der Waals surface area (Å²) >= 11 is 6.09. The molecule has 0 spiro atoms. The van der Waals surface area contributed by atoms with E-state index in [0.717, 1.165) is 18.4 Å². The Morgan fingerprint density at radius 3 is 2.50 bits per heavy atom. The van der Waals surface area contributed by atoms with Gasteiger partial charge in [0.25, 0.3) is 5.91 Å². The van der Waals surface area contributed by atoms with E-state index in [0.29, 0.717) is 16.4 Å². The Labute approximate surface area is 166 Å². The van der Waals surface area contributed by atoms with Gasteiger partial charge in [-0.3, -0.25) is 4.79 Å². The Bertz CT molecular complexity index is 883. The van der Waals surface area contributed by atoms with Crippen molar-refractivity contribution in [3.63, 3.8) is 0 Å². The van der Waals surface area contributed by atoms with Crippen LogP contribution in [0.2, 0.25) is 5.02 Å². The number of carbonyl (C=O) groups is 1. The van der Waals surface area contributed by atoms with E-state index in [-0.39, 0.29) is 25.3 Å². The van der Waals surface area contributed by atoms with Crippen molar-refractivity contribution in [3.8, 4) is 0 Å². The van der Waals surface area contributed by atoms with Crippen LogP contribution < -0.4 is 10.2 Å². The van der Waals surface area contributed by atoms with E-state index >= 15 is 0 Å². The molecule has 2 aromatic rings. The van der Waals surface area contributed by atoms with Crippen molar-refractivity contribution in [1.29, 1.82) is 0 Å². The maximum atomic E-state index is 14.5. The molecular weight excluding hydrogens is 389 g/mol. The number of hydrogen-bond acceptors (Lipinski definition) is 2. The average molecular weight is 409 g/mol. The number of amides is 1. The van der Waals surface area contributed by atoms with Gasteiger partial charge < -0.3 is 10.2 Å². The number of benzene rings is 2. The molecule has 1 unspecified atom stereocenters. The first-order valence-electron chi connectivity index (χ1n) is 9.30. The molecule has 148 valence electrons.